The van der Waals surface area contributed by atoms with Gasteiger partial charge in [0, 0.05) is 0 Å². The van der Waals surface area contributed by atoms with Crippen molar-refractivity contribution in [2.75, 3.05) is 6.54 Å². The zero-order valence-corrected chi connectivity index (χ0v) is 9.76. The van der Waals surface area contributed by atoms with Gasteiger partial charge in [-0.15, -0.1) is 0 Å². The average molecular weight is 195 g/mol. The molecule has 2 atom stereocenters. The summed E-state index contributed by atoms with van der Waals surface area (Å²) < 4.78 is 0. The molecule has 2 aliphatic rings. The molecule has 2 fully saturated rings. The van der Waals surface area contributed by atoms with E-state index in [0.29, 0.717) is 5.41 Å². The van der Waals surface area contributed by atoms with Crippen molar-refractivity contribution >= 4 is 0 Å². The third kappa shape index (κ3) is 1.71. The maximum atomic E-state index is 5.85. The van der Waals surface area contributed by atoms with Gasteiger partial charge in [-0.3, -0.25) is 0 Å². The second kappa shape index (κ2) is 3.84. The van der Waals surface area contributed by atoms with Crippen LogP contribution in [0.15, 0.2) is 0 Å². The molecular weight excluding hydrogens is 170 g/mol. The highest BCUT2D eigenvalue weighted by atomic mass is 14.7. The molecule has 0 aromatic heterocycles. The number of nitrogens with two attached hydrogens (primary N) is 1. The smallest absolute Gasteiger partial charge is 0.00407 e. The Morgan fingerprint density at radius 2 is 1.64 bits per heavy atom. The third-order valence-electron chi connectivity index (χ3n) is 4.80. The van der Waals surface area contributed by atoms with Gasteiger partial charge < -0.3 is 5.73 Å². The largest absolute Gasteiger partial charge is 0.330 e. The van der Waals surface area contributed by atoms with E-state index < -0.39 is 0 Å². The first-order valence-electron chi connectivity index (χ1n) is 6.38. The predicted octanol–water partition coefficient (Wildman–Crippen LogP) is 3.19. The molecule has 14 heavy (non-hydrogen) atoms. The normalized spacial score (nSPS) is 37.9. The molecule has 2 rings (SSSR count). The number of hydrogen-bond donors (Lipinski definition) is 1. The topological polar surface area (TPSA) is 26.0 Å². The molecular formula is C13H25N. The highest BCUT2D eigenvalue weighted by Gasteiger charge is 2.58. The summed E-state index contributed by atoms with van der Waals surface area (Å²) in [6.45, 7) is 5.74. The molecule has 0 aromatic rings. The summed E-state index contributed by atoms with van der Waals surface area (Å²) in [6.07, 6.45) is 8.83. The van der Waals surface area contributed by atoms with E-state index in [4.69, 9.17) is 5.73 Å². The van der Waals surface area contributed by atoms with E-state index in [2.05, 4.69) is 13.8 Å². The summed E-state index contributed by atoms with van der Waals surface area (Å²) in [5, 5.41) is 0. The summed E-state index contributed by atoms with van der Waals surface area (Å²) in [5.74, 6) is 2.78. The van der Waals surface area contributed by atoms with Crippen LogP contribution in [0.5, 0.6) is 0 Å². The van der Waals surface area contributed by atoms with Crippen LogP contribution in [0.2, 0.25) is 0 Å². The Morgan fingerprint density at radius 1 is 1.07 bits per heavy atom. The Bertz CT molecular complexity index is 189. The Kier molecular flexibility index (Phi) is 2.88. The molecule has 1 heteroatoms. The van der Waals surface area contributed by atoms with E-state index in [-0.39, 0.29) is 0 Å². The molecule has 0 radical (unpaired) electrons. The van der Waals surface area contributed by atoms with Crippen molar-refractivity contribution in [1.82, 2.24) is 0 Å². The lowest BCUT2D eigenvalue weighted by molar-refractivity contribution is 0.351. The van der Waals surface area contributed by atoms with Gasteiger partial charge in [0.25, 0.3) is 0 Å². The van der Waals surface area contributed by atoms with Crippen LogP contribution in [0.1, 0.15) is 52.4 Å². The monoisotopic (exact) mass is 195 g/mol. The van der Waals surface area contributed by atoms with E-state index >= 15 is 0 Å². The maximum Gasteiger partial charge on any atom is -0.00407 e. The Balaban J connectivity index is 1.95. The van der Waals surface area contributed by atoms with Gasteiger partial charge in [-0.1, -0.05) is 52.4 Å². The predicted molar refractivity (Wildman–Crippen MR) is 61.0 cm³/mol. The van der Waals surface area contributed by atoms with Crippen molar-refractivity contribution in [2.24, 2.45) is 28.9 Å². The molecule has 0 bridgehead atoms. The first-order chi connectivity index (χ1) is 6.68. The first-order valence-corrected chi connectivity index (χ1v) is 6.38. The van der Waals surface area contributed by atoms with E-state index in [9.17, 15) is 0 Å². The quantitative estimate of drug-likeness (QED) is 0.673. The molecule has 0 heterocycles. The zero-order valence-electron chi connectivity index (χ0n) is 9.76. The van der Waals surface area contributed by atoms with E-state index in [1.54, 1.807) is 0 Å². The van der Waals surface area contributed by atoms with Gasteiger partial charge in [0.15, 0.2) is 0 Å². The SMILES string of the molecule is CC1(C)[C@@H](CN)[C@@H]1C1CCCCCC1. The van der Waals surface area contributed by atoms with Crippen LogP contribution < -0.4 is 5.73 Å². The molecule has 0 amide bonds. The van der Waals surface area contributed by atoms with Crippen LogP contribution in [-0.4, -0.2) is 6.54 Å². The van der Waals surface area contributed by atoms with E-state index in [1.807, 2.05) is 0 Å². The summed E-state index contributed by atoms with van der Waals surface area (Å²) in [4.78, 5) is 0. The van der Waals surface area contributed by atoms with Gasteiger partial charge in [0.2, 0.25) is 0 Å². The molecule has 82 valence electrons. The fraction of sp³-hybridized carbons (Fsp3) is 1.00. The maximum absolute atomic E-state index is 5.85. The molecule has 0 spiro atoms. The molecule has 0 saturated heterocycles. The minimum atomic E-state index is 0.559. The molecule has 0 unspecified atom stereocenters. The van der Waals surface area contributed by atoms with Crippen LogP contribution in [0, 0.1) is 23.2 Å². The fourth-order valence-corrected chi connectivity index (χ4v) is 3.84. The molecule has 2 N–H and O–H groups in total. The zero-order chi connectivity index (χ0) is 10.2. The molecule has 0 aliphatic heterocycles. The van der Waals surface area contributed by atoms with Crippen molar-refractivity contribution in [2.45, 2.75) is 52.4 Å². The van der Waals surface area contributed by atoms with E-state index in [0.717, 1.165) is 24.3 Å². The van der Waals surface area contributed by atoms with Crippen LogP contribution in [0.3, 0.4) is 0 Å². The Labute approximate surface area is 88.4 Å². The van der Waals surface area contributed by atoms with Gasteiger partial charge in [0.1, 0.15) is 0 Å². The van der Waals surface area contributed by atoms with Crippen molar-refractivity contribution < 1.29 is 0 Å². The lowest BCUT2D eigenvalue weighted by atomic mass is 9.90. The van der Waals surface area contributed by atoms with Crippen molar-refractivity contribution in [3.63, 3.8) is 0 Å². The van der Waals surface area contributed by atoms with Crippen LogP contribution in [0.4, 0.5) is 0 Å². The highest BCUT2D eigenvalue weighted by Crippen LogP contribution is 2.63. The fourth-order valence-electron chi connectivity index (χ4n) is 3.84. The average Bonchev–Trinajstić information content (AvgIpc) is 2.78. The van der Waals surface area contributed by atoms with Crippen LogP contribution >= 0.6 is 0 Å². The number of hydrogen-bond acceptors (Lipinski definition) is 1. The van der Waals surface area contributed by atoms with Gasteiger partial charge in [-0.25, -0.2) is 0 Å². The molecule has 1 nitrogen and oxygen atoms in total. The van der Waals surface area contributed by atoms with Gasteiger partial charge in [-0.05, 0) is 29.7 Å². The highest BCUT2D eigenvalue weighted by molar-refractivity contribution is 5.07. The Hall–Kier alpha value is -0.0400. The van der Waals surface area contributed by atoms with Gasteiger partial charge >= 0.3 is 0 Å². The third-order valence-corrected chi connectivity index (χ3v) is 4.80. The van der Waals surface area contributed by atoms with Crippen molar-refractivity contribution in [3.8, 4) is 0 Å². The van der Waals surface area contributed by atoms with Crippen molar-refractivity contribution in [3.05, 3.63) is 0 Å². The molecule has 2 aliphatic carbocycles. The van der Waals surface area contributed by atoms with Crippen molar-refractivity contribution in [1.29, 1.82) is 0 Å². The Morgan fingerprint density at radius 3 is 2.07 bits per heavy atom. The second-order valence-electron chi connectivity index (χ2n) is 5.94. The van der Waals surface area contributed by atoms with Crippen LogP contribution in [-0.2, 0) is 0 Å². The summed E-state index contributed by atoms with van der Waals surface area (Å²) in [7, 11) is 0. The minimum absolute atomic E-state index is 0.559. The summed E-state index contributed by atoms with van der Waals surface area (Å²) in [5.41, 5.74) is 6.40. The standard InChI is InChI=1S/C13H25N/c1-13(2)11(9-14)12(13)10-7-5-3-4-6-8-10/h10-12H,3-9,14H2,1-2H3/t11-,12-/m0/s1. The summed E-state index contributed by atoms with van der Waals surface area (Å²) in [6, 6.07) is 0. The molecule has 2 saturated carbocycles. The lowest BCUT2D eigenvalue weighted by Gasteiger charge is -2.15. The second-order valence-corrected chi connectivity index (χ2v) is 5.94. The number of rotatable bonds is 2. The minimum Gasteiger partial charge on any atom is -0.330 e. The van der Waals surface area contributed by atoms with E-state index in [1.165, 1.54) is 38.5 Å². The summed E-state index contributed by atoms with van der Waals surface area (Å²) >= 11 is 0. The van der Waals surface area contributed by atoms with Gasteiger partial charge in [0.05, 0.1) is 0 Å². The van der Waals surface area contributed by atoms with Crippen LogP contribution in [0.25, 0.3) is 0 Å². The van der Waals surface area contributed by atoms with Gasteiger partial charge in [-0.2, -0.15) is 0 Å². The first kappa shape index (κ1) is 10.5. The lowest BCUT2D eigenvalue weighted by Crippen LogP contribution is -2.08. The molecule has 0 aromatic carbocycles.